The SMILES string of the molecule is O=S(=O)(NC[C@H](O)c1ccc(-c2ccsc2)o1)c1ccc(Br)s1. The quantitative estimate of drug-likeness (QED) is 0.618. The number of thiophene rings is 2. The van der Waals surface area contributed by atoms with E-state index < -0.39 is 16.1 Å². The molecular weight excluding hydrogens is 422 g/mol. The molecular formula is C14H12BrNO4S3. The Morgan fingerprint density at radius 1 is 1.26 bits per heavy atom. The maximum absolute atomic E-state index is 12.1. The van der Waals surface area contributed by atoms with Crippen LogP contribution in [-0.2, 0) is 10.0 Å². The van der Waals surface area contributed by atoms with Crippen LogP contribution >= 0.6 is 38.6 Å². The molecule has 3 aromatic heterocycles. The third-order valence-electron chi connectivity index (χ3n) is 3.04. The van der Waals surface area contributed by atoms with Gasteiger partial charge in [-0.2, -0.15) is 11.3 Å². The number of aliphatic hydroxyl groups is 1. The van der Waals surface area contributed by atoms with Crippen LogP contribution in [-0.4, -0.2) is 20.1 Å². The van der Waals surface area contributed by atoms with Crippen LogP contribution in [0, 0.1) is 0 Å². The largest absolute Gasteiger partial charge is 0.458 e. The number of rotatable bonds is 6. The summed E-state index contributed by atoms with van der Waals surface area (Å²) in [6, 6.07) is 8.48. The van der Waals surface area contributed by atoms with Crippen molar-refractivity contribution in [3.05, 3.63) is 50.6 Å². The van der Waals surface area contributed by atoms with Crippen LogP contribution in [0.2, 0.25) is 0 Å². The summed E-state index contributed by atoms with van der Waals surface area (Å²) in [6.07, 6.45) is -1.06. The molecule has 0 bridgehead atoms. The first-order valence-corrected chi connectivity index (χ1v) is 10.5. The van der Waals surface area contributed by atoms with Gasteiger partial charge in [-0.3, -0.25) is 0 Å². The van der Waals surface area contributed by atoms with Crippen molar-refractivity contribution in [3.8, 4) is 11.3 Å². The highest BCUT2D eigenvalue weighted by atomic mass is 79.9. The molecule has 3 rings (SSSR count). The highest BCUT2D eigenvalue weighted by molar-refractivity contribution is 9.11. The van der Waals surface area contributed by atoms with Gasteiger partial charge in [-0.25, -0.2) is 13.1 Å². The summed E-state index contributed by atoms with van der Waals surface area (Å²) in [4.78, 5) is 0. The van der Waals surface area contributed by atoms with Gasteiger partial charge in [0.2, 0.25) is 10.0 Å². The molecule has 0 aromatic carbocycles. The molecule has 0 aliphatic rings. The van der Waals surface area contributed by atoms with Crippen LogP contribution in [0.3, 0.4) is 0 Å². The number of hydrogen-bond acceptors (Lipinski definition) is 6. The molecule has 9 heteroatoms. The molecule has 0 saturated carbocycles. The average molecular weight is 434 g/mol. The predicted molar refractivity (Wildman–Crippen MR) is 94.2 cm³/mol. The lowest BCUT2D eigenvalue weighted by atomic mass is 10.2. The molecule has 23 heavy (non-hydrogen) atoms. The number of aliphatic hydroxyl groups excluding tert-OH is 1. The fourth-order valence-corrected chi connectivity index (χ4v) is 5.63. The van der Waals surface area contributed by atoms with E-state index in [1.54, 1.807) is 29.5 Å². The van der Waals surface area contributed by atoms with Crippen molar-refractivity contribution in [1.29, 1.82) is 0 Å². The third kappa shape index (κ3) is 3.93. The molecule has 0 radical (unpaired) electrons. The average Bonchev–Trinajstić information content (AvgIpc) is 3.24. The minimum atomic E-state index is -3.64. The Hall–Kier alpha value is -0.970. The van der Waals surface area contributed by atoms with Crippen molar-refractivity contribution < 1.29 is 17.9 Å². The molecule has 1 atom stereocenters. The second-order valence-electron chi connectivity index (χ2n) is 4.64. The first-order valence-electron chi connectivity index (χ1n) is 6.51. The van der Waals surface area contributed by atoms with Crippen LogP contribution in [0.4, 0.5) is 0 Å². The van der Waals surface area contributed by atoms with Gasteiger partial charge in [0.15, 0.2) is 0 Å². The van der Waals surface area contributed by atoms with Crippen LogP contribution in [0.1, 0.15) is 11.9 Å². The second kappa shape index (κ2) is 6.88. The fourth-order valence-electron chi connectivity index (χ4n) is 1.89. The normalized spacial score (nSPS) is 13.3. The number of hydrogen-bond donors (Lipinski definition) is 2. The predicted octanol–water partition coefficient (Wildman–Crippen LogP) is 3.84. The third-order valence-corrected chi connectivity index (χ3v) is 7.26. The monoisotopic (exact) mass is 433 g/mol. The summed E-state index contributed by atoms with van der Waals surface area (Å²) in [5.41, 5.74) is 0.928. The van der Waals surface area contributed by atoms with Gasteiger partial charge in [-0.05, 0) is 51.6 Å². The molecule has 3 heterocycles. The molecule has 5 nitrogen and oxygen atoms in total. The Kier molecular flexibility index (Phi) is 5.04. The molecule has 0 unspecified atom stereocenters. The molecule has 0 fully saturated rings. The summed E-state index contributed by atoms with van der Waals surface area (Å²) in [5.74, 6) is 0.964. The fraction of sp³-hybridized carbons (Fsp3) is 0.143. The number of halogens is 1. The Balaban J connectivity index is 1.67. The lowest BCUT2D eigenvalue weighted by molar-refractivity contribution is 0.155. The summed E-state index contributed by atoms with van der Waals surface area (Å²) in [5, 5.41) is 14.0. The molecule has 0 aliphatic carbocycles. The van der Waals surface area contributed by atoms with E-state index >= 15 is 0 Å². The minimum absolute atomic E-state index is 0.158. The molecule has 0 spiro atoms. The van der Waals surface area contributed by atoms with Gasteiger partial charge < -0.3 is 9.52 Å². The summed E-state index contributed by atoms with van der Waals surface area (Å²) in [7, 11) is -3.64. The van der Waals surface area contributed by atoms with Crippen molar-refractivity contribution in [3.63, 3.8) is 0 Å². The lowest BCUT2D eigenvalue weighted by Gasteiger charge is -2.09. The Morgan fingerprint density at radius 2 is 2.09 bits per heavy atom. The summed E-state index contributed by atoms with van der Waals surface area (Å²) < 4.78 is 33.1. The van der Waals surface area contributed by atoms with Gasteiger partial charge in [0.25, 0.3) is 0 Å². The van der Waals surface area contributed by atoms with Gasteiger partial charge in [0.1, 0.15) is 21.8 Å². The first-order chi connectivity index (χ1) is 11.0. The van der Waals surface area contributed by atoms with Crippen molar-refractivity contribution in [2.45, 2.75) is 10.3 Å². The van der Waals surface area contributed by atoms with Gasteiger partial charge in [-0.1, -0.05) is 0 Å². The molecule has 122 valence electrons. The van der Waals surface area contributed by atoms with Crippen molar-refractivity contribution >= 4 is 48.6 Å². The molecule has 0 aliphatic heterocycles. The topological polar surface area (TPSA) is 79.5 Å². The van der Waals surface area contributed by atoms with Gasteiger partial charge >= 0.3 is 0 Å². The van der Waals surface area contributed by atoms with Crippen molar-refractivity contribution in [2.75, 3.05) is 6.54 Å². The maximum Gasteiger partial charge on any atom is 0.250 e. The maximum atomic E-state index is 12.1. The van der Waals surface area contributed by atoms with Crippen molar-refractivity contribution in [2.24, 2.45) is 0 Å². The zero-order valence-electron chi connectivity index (χ0n) is 11.6. The standard InChI is InChI=1S/C14H12BrNO4S3/c15-13-3-4-14(22-13)23(18,19)16-7-10(17)12-2-1-11(20-12)9-5-6-21-8-9/h1-6,8,10,16-17H,7H2/t10-/m0/s1. The molecule has 3 aromatic rings. The van der Waals surface area contributed by atoms with Crippen LogP contribution in [0.5, 0.6) is 0 Å². The van der Waals surface area contributed by atoms with Gasteiger partial charge in [0, 0.05) is 17.5 Å². The number of nitrogens with one attached hydrogen (secondary N) is 1. The summed E-state index contributed by atoms with van der Waals surface area (Å²) in [6.45, 7) is -0.158. The Bertz CT molecular complexity index is 883. The zero-order valence-corrected chi connectivity index (χ0v) is 15.6. The van der Waals surface area contributed by atoms with E-state index in [9.17, 15) is 13.5 Å². The number of sulfonamides is 1. The molecule has 0 saturated heterocycles. The van der Waals surface area contributed by atoms with E-state index in [-0.39, 0.29) is 10.8 Å². The van der Waals surface area contributed by atoms with Crippen LogP contribution in [0.15, 0.2) is 53.5 Å². The highest BCUT2D eigenvalue weighted by Gasteiger charge is 2.20. The molecule has 2 N–H and O–H groups in total. The van der Waals surface area contributed by atoms with Gasteiger partial charge in [-0.15, -0.1) is 11.3 Å². The summed E-state index contributed by atoms with van der Waals surface area (Å²) >= 11 is 5.88. The van der Waals surface area contributed by atoms with Crippen molar-refractivity contribution in [1.82, 2.24) is 4.72 Å². The van der Waals surface area contributed by atoms with E-state index in [1.165, 1.54) is 6.07 Å². The van der Waals surface area contributed by atoms with Crippen LogP contribution < -0.4 is 4.72 Å². The van der Waals surface area contributed by atoms with Crippen LogP contribution in [0.25, 0.3) is 11.3 Å². The minimum Gasteiger partial charge on any atom is -0.458 e. The van der Waals surface area contributed by atoms with E-state index in [0.29, 0.717) is 11.5 Å². The van der Waals surface area contributed by atoms with E-state index in [1.807, 2.05) is 16.8 Å². The van der Waals surface area contributed by atoms with E-state index in [2.05, 4.69) is 20.7 Å². The number of furan rings is 1. The molecule has 0 amide bonds. The first kappa shape index (κ1) is 16.9. The Labute approximate surface area is 149 Å². The lowest BCUT2D eigenvalue weighted by Crippen LogP contribution is -2.27. The highest BCUT2D eigenvalue weighted by Crippen LogP contribution is 2.28. The van der Waals surface area contributed by atoms with E-state index in [0.717, 1.165) is 20.7 Å². The zero-order chi connectivity index (χ0) is 16.4. The smallest absolute Gasteiger partial charge is 0.250 e. The second-order valence-corrected chi connectivity index (χ2v) is 9.88. The van der Waals surface area contributed by atoms with Gasteiger partial charge in [0.05, 0.1) is 3.79 Å². The Morgan fingerprint density at radius 3 is 2.74 bits per heavy atom. The van der Waals surface area contributed by atoms with E-state index in [4.69, 9.17) is 4.42 Å².